The van der Waals surface area contributed by atoms with Crippen molar-refractivity contribution in [2.24, 2.45) is 0 Å². The minimum atomic E-state index is -0.330. The number of anilines is 1. The highest BCUT2D eigenvalue weighted by atomic mass is 16.2. The number of piperazine rings is 1. The summed E-state index contributed by atoms with van der Waals surface area (Å²) in [5, 5.41) is 6.10. The lowest BCUT2D eigenvalue weighted by Crippen LogP contribution is -2.58. The first kappa shape index (κ1) is 13.0. The minimum absolute atomic E-state index is 0.0358. The van der Waals surface area contributed by atoms with Crippen LogP contribution >= 0.6 is 0 Å². The van der Waals surface area contributed by atoms with E-state index in [0.29, 0.717) is 26.1 Å². The molecule has 106 valence electrons. The number of amides is 2. The van der Waals surface area contributed by atoms with Crippen LogP contribution in [0.3, 0.4) is 0 Å². The van der Waals surface area contributed by atoms with E-state index < -0.39 is 0 Å². The molecule has 2 N–H and O–H groups in total. The lowest BCUT2D eigenvalue weighted by molar-refractivity contribution is -0.144. The van der Waals surface area contributed by atoms with Crippen molar-refractivity contribution in [1.82, 2.24) is 10.2 Å². The molecule has 0 aliphatic carbocycles. The van der Waals surface area contributed by atoms with Crippen LogP contribution in [0, 0.1) is 0 Å². The van der Waals surface area contributed by atoms with Crippen LogP contribution in [0.4, 0.5) is 5.69 Å². The average Bonchev–Trinajstić information content (AvgIpc) is 2.90. The number of benzene rings is 1. The van der Waals surface area contributed by atoms with Crippen LogP contribution < -0.4 is 10.6 Å². The van der Waals surface area contributed by atoms with Crippen LogP contribution in [0.5, 0.6) is 0 Å². The average molecular weight is 273 g/mol. The lowest BCUT2D eigenvalue weighted by Gasteiger charge is -2.36. The maximum atomic E-state index is 12.8. The van der Waals surface area contributed by atoms with Gasteiger partial charge in [-0.05, 0) is 18.1 Å². The van der Waals surface area contributed by atoms with E-state index in [-0.39, 0.29) is 23.8 Å². The standard InChI is InChI=1S/C15H19N3O2/c1-2-13-14(19)16-7-8-18(13)15(20)11-9-17-12-6-4-3-5-10(11)12/h3-6,11,13,17H,2,7-9H2,1H3,(H,16,19). The summed E-state index contributed by atoms with van der Waals surface area (Å²) >= 11 is 0. The summed E-state index contributed by atoms with van der Waals surface area (Å²) in [6, 6.07) is 7.56. The molecule has 0 radical (unpaired) electrons. The van der Waals surface area contributed by atoms with Gasteiger partial charge in [0.2, 0.25) is 11.8 Å². The molecule has 1 fully saturated rings. The largest absolute Gasteiger partial charge is 0.384 e. The van der Waals surface area contributed by atoms with Crippen molar-refractivity contribution in [1.29, 1.82) is 0 Å². The smallest absolute Gasteiger partial charge is 0.242 e. The molecule has 0 spiro atoms. The van der Waals surface area contributed by atoms with Crippen molar-refractivity contribution in [3.8, 4) is 0 Å². The SMILES string of the molecule is CCC1C(=O)NCCN1C(=O)C1CNc2ccccc21. The Kier molecular flexibility index (Phi) is 3.34. The molecule has 2 amide bonds. The molecule has 2 aliphatic heterocycles. The molecule has 2 aliphatic rings. The lowest BCUT2D eigenvalue weighted by atomic mass is 9.98. The van der Waals surface area contributed by atoms with Crippen LogP contribution in [-0.2, 0) is 9.59 Å². The van der Waals surface area contributed by atoms with E-state index in [2.05, 4.69) is 10.6 Å². The van der Waals surface area contributed by atoms with Gasteiger partial charge in [0.25, 0.3) is 0 Å². The van der Waals surface area contributed by atoms with Crippen molar-refractivity contribution in [2.45, 2.75) is 25.3 Å². The minimum Gasteiger partial charge on any atom is -0.384 e. The van der Waals surface area contributed by atoms with Crippen LogP contribution in [-0.4, -0.2) is 42.4 Å². The highest BCUT2D eigenvalue weighted by molar-refractivity contribution is 5.93. The van der Waals surface area contributed by atoms with Crippen molar-refractivity contribution in [2.75, 3.05) is 25.0 Å². The fraction of sp³-hybridized carbons (Fsp3) is 0.467. The molecule has 1 aromatic carbocycles. The van der Waals surface area contributed by atoms with Crippen molar-refractivity contribution >= 4 is 17.5 Å². The number of carbonyl (C=O) groups excluding carboxylic acids is 2. The predicted molar refractivity (Wildman–Crippen MR) is 76.5 cm³/mol. The van der Waals surface area contributed by atoms with E-state index in [1.807, 2.05) is 31.2 Å². The summed E-state index contributed by atoms with van der Waals surface area (Å²) in [7, 11) is 0. The van der Waals surface area contributed by atoms with Crippen molar-refractivity contribution in [3.63, 3.8) is 0 Å². The summed E-state index contributed by atoms with van der Waals surface area (Å²) in [5.41, 5.74) is 2.07. The Bertz CT molecular complexity index is 544. The number of hydrogen-bond donors (Lipinski definition) is 2. The second-order valence-electron chi connectivity index (χ2n) is 5.27. The number of fused-ring (bicyclic) bond motifs is 1. The third kappa shape index (κ3) is 2.03. The Hall–Kier alpha value is -2.04. The predicted octanol–water partition coefficient (Wildman–Crippen LogP) is 0.933. The summed E-state index contributed by atoms with van der Waals surface area (Å²) in [6.45, 7) is 3.70. The first-order valence-electron chi connectivity index (χ1n) is 7.13. The molecule has 0 bridgehead atoms. The van der Waals surface area contributed by atoms with E-state index in [4.69, 9.17) is 0 Å². The van der Waals surface area contributed by atoms with E-state index in [1.54, 1.807) is 4.90 Å². The molecule has 1 saturated heterocycles. The Morgan fingerprint density at radius 2 is 2.15 bits per heavy atom. The normalized spacial score (nSPS) is 24.9. The maximum Gasteiger partial charge on any atom is 0.242 e. The van der Waals surface area contributed by atoms with Gasteiger partial charge in [0, 0.05) is 25.3 Å². The fourth-order valence-corrected chi connectivity index (χ4v) is 3.09. The molecule has 5 heteroatoms. The van der Waals surface area contributed by atoms with Gasteiger partial charge in [0.15, 0.2) is 0 Å². The molecule has 20 heavy (non-hydrogen) atoms. The van der Waals surface area contributed by atoms with E-state index in [1.165, 1.54) is 0 Å². The molecule has 1 aromatic rings. The summed E-state index contributed by atoms with van der Waals surface area (Å²) in [5.74, 6) is -0.151. The highest BCUT2D eigenvalue weighted by Crippen LogP contribution is 2.33. The molecular weight excluding hydrogens is 254 g/mol. The van der Waals surface area contributed by atoms with Gasteiger partial charge in [0.1, 0.15) is 6.04 Å². The van der Waals surface area contributed by atoms with Gasteiger partial charge >= 0.3 is 0 Å². The van der Waals surface area contributed by atoms with E-state index >= 15 is 0 Å². The number of para-hydroxylation sites is 1. The van der Waals surface area contributed by atoms with Crippen molar-refractivity contribution in [3.05, 3.63) is 29.8 Å². The number of rotatable bonds is 2. The second-order valence-corrected chi connectivity index (χ2v) is 5.27. The quantitative estimate of drug-likeness (QED) is 0.843. The van der Waals surface area contributed by atoms with Crippen molar-refractivity contribution < 1.29 is 9.59 Å². The van der Waals surface area contributed by atoms with Crippen LogP contribution in [0.2, 0.25) is 0 Å². The van der Waals surface area contributed by atoms with Gasteiger partial charge in [-0.1, -0.05) is 25.1 Å². The van der Waals surface area contributed by atoms with Gasteiger partial charge in [-0.3, -0.25) is 9.59 Å². The van der Waals surface area contributed by atoms with E-state index in [0.717, 1.165) is 11.3 Å². The molecule has 3 rings (SSSR count). The molecule has 5 nitrogen and oxygen atoms in total. The third-order valence-electron chi connectivity index (χ3n) is 4.13. The Balaban J connectivity index is 1.84. The summed E-state index contributed by atoms with van der Waals surface area (Å²) in [4.78, 5) is 26.4. The molecule has 0 saturated carbocycles. The van der Waals surface area contributed by atoms with Gasteiger partial charge < -0.3 is 15.5 Å². The number of nitrogens with zero attached hydrogens (tertiary/aromatic N) is 1. The molecule has 0 aromatic heterocycles. The topological polar surface area (TPSA) is 61.4 Å². The maximum absolute atomic E-state index is 12.8. The first-order valence-corrected chi connectivity index (χ1v) is 7.13. The van der Waals surface area contributed by atoms with Crippen LogP contribution in [0.25, 0.3) is 0 Å². The number of carbonyl (C=O) groups is 2. The van der Waals surface area contributed by atoms with Gasteiger partial charge in [-0.15, -0.1) is 0 Å². The first-order chi connectivity index (χ1) is 9.72. The van der Waals surface area contributed by atoms with Gasteiger partial charge in [-0.25, -0.2) is 0 Å². The highest BCUT2D eigenvalue weighted by Gasteiger charge is 2.37. The zero-order valence-electron chi connectivity index (χ0n) is 11.6. The van der Waals surface area contributed by atoms with E-state index in [9.17, 15) is 9.59 Å². The Morgan fingerprint density at radius 3 is 2.95 bits per heavy atom. The second kappa shape index (κ2) is 5.15. The molecular formula is C15H19N3O2. The molecule has 2 unspecified atom stereocenters. The monoisotopic (exact) mass is 273 g/mol. The van der Waals surface area contributed by atoms with Crippen LogP contribution in [0.15, 0.2) is 24.3 Å². The Morgan fingerprint density at radius 1 is 1.35 bits per heavy atom. The van der Waals surface area contributed by atoms with Gasteiger partial charge in [-0.2, -0.15) is 0 Å². The number of hydrogen-bond acceptors (Lipinski definition) is 3. The fourth-order valence-electron chi connectivity index (χ4n) is 3.09. The zero-order valence-corrected chi connectivity index (χ0v) is 11.6. The van der Waals surface area contributed by atoms with Crippen LogP contribution in [0.1, 0.15) is 24.8 Å². The summed E-state index contributed by atoms with van der Waals surface area (Å²) in [6.07, 6.45) is 0.652. The van der Waals surface area contributed by atoms with Gasteiger partial charge in [0.05, 0.1) is 5.92 Å². The molecule has 2 atom stereocenters. The number of nitrogens with one attached hydrogen (secondary N) is 2. The zero-order chi connectivity index (χ0) is 14.1. The summed E-state index contributed by atoms with van der Waals surface area (Å²) < 4.78 is 0. The Labute approximate surface area is 118 Å². The molecule has 2 heterocycles. The third-order valence-corrected chi connectivity index (χ3v) is 4.13.